The summed E-state index contributed by atoms with van der Waals surface area (Å²) in [7, 11) is 0. The van der Waals surface area contributed by atoms with Gasteiger partial charge in [-0.3, -0.25) is 0 Å². The van der Waals surface area contributed by atoms with Crippen molar-refractivity contribution in [3.63, 3.8) is 0 Å². The van der Waals surface area contributed by atoms with Crippen LogP contribution < -0.4 is 4.90 Å². The lowest BCUT2D eigenvalue weighted by atomic mass is 9.89. The number of thiophene rings is 1. The van der Waals surface area contributed by atoms with Gasteiger partial charge < -0.3 is 9.32 Å². The molecule has 3 heteroatoms. The van der Waals surface area contributed by atoms with Gasteiger partial charge in [-0.2, -0.15) is 0 Å². The van der Waals surface area contributed by atoms with Crippen LogP contribution in [-0.4, -0.2) is 0 Å². The molecule has 13 aromatic rings. The second-order valence-corrected chi connectivity index (χ2v) is 18.7. The van der Waals surface area contributed by atoms with Crippen molar-refractivity contribution in [2.45, 2.75) is 0 Å². The van der Waals surface area contributed by atoms with E-state index in [0.29, 0.717) is 0 Å². The fraction of sp³-hybridized carbons (Fsp3) is 0. The van der Waals surface area contributed by atoms with Gasteiger partial charge in [-0.15, -0.1) is 11.3 Å². The van der Waals surface area contributed by atoms with E-state index in [1.54, 1.807) is 0 Å². The molecule has 13 rings (SSSR count). The topological polar surface area (TPSA) is 16.4 Å². The van der Waals surface area contributed by atoms with Crippen molar-refractivity contribution in [2.75, 3.05) is 4.90 Å². The van der Waals surface area contributed by atoms with E-state index < -0.39 is 0 Å². The van der Waals surface area contributed by atoms with Crippen molar-refractivity contribution < 1.29 is 4.42 Å². The molecule has 0 N–H and O–H groups in total. The van der Waals surface area contributed by atoms with Crippen LogP contribution in [0.2, 0.25) is 0 Å². The molecule has 0 amide bonds. The summed E-state index contributed by atoms with van der Waals surface area (Å²) in [5.74, 6) is 0. The monoisotopic (exact) mass is 897 g/mol. The molecular formula is C66H43NOS. The molecule has 0 saturated carbocycles. The van der Waals surface area contributed by atoms with Crippen LogP contribution in [0.25, 0.3) is 109 Å². The van der Waals surface area contributed by atoms with Crippen molar-refractivity contribution in [2.24, 2.45) is 0 Å². The Labute approximate surface area is 405 Å². The molecule has 0 saturated heterocycles. The molecule has 0 fully saturated rings. The Morgan fingerprint density at radius 3 is 1.35 bits per heavy atom. The van der Waals surface area contributed by atoms with E-state index in [9.17, 15) is 0 Å². The zero-order chi connectivity index (χ0) is 45.7. The number of para-hydroxylation sites is 1. The quantitative estimate of drug-likeness (QED) is 0.144. The summed E-state index contributed by atoms with van der Waals surface area (Å²) in [6.07, 6.45) is 0. The molecule has 0 spiro atoms. The first kappa shape index (κ1) is 40.5. The van der Waals surface area contributed by atoms with Gasteiger partial charge in [0.25, 0.3) is 0 Å². The van der Waals surface area contributed by atoms with E-state index in [1.165, 1.54) is 59.1 Å². The van der Waals surface area contributed by atoms with Gasteiger partial charge in [0.05, 0.1) is 0 Å². The highest BCUT2D eigenvalue weighted by Crippen LogP contribution is 2.44. The molecule has 11 aromatic carbocycles. The van der Waals surface area contributed by atoms with Gasteiger partial charge in [0.2, 0.25) is 0 Å². The average molecular weight is 898 g/mol. The first-order chi connectivity index (χ1) is 34.2. The summed E-state index contributed by atoms with van der Waals surface area (Å²) in [6.45, 7) is 0. The summed E-state index contributed by atoms with van der Waals surface area (Å²) in [4.78, 5) is 2.37. The van der Waals surface area contributed by atoms with Gasteiger partial charge in [0, 0.05) is 53.6 Å². The molecule has 0 unspecified atom stereocenters. The van der Waals surface area contributed by atoms with E-state index in [2.05, 4.69) is 260 Å². The van der Waals surface area contributed by atoms with Crippen LogP contribution >= 0.6 is 11.3 Å². The smallest absolute Gasteiger partial charge is 0.143 e. The van der Waals surface area contributed by atoms with E-state index >= 15 is 0 Å². The summed E-state index contributed by atoms with van der Waals surface area (Å²) in [5.41, 5.74) is 19.2. The number of hydrogen-bond donors (Lipinski definition) is 0. The van der Waals surface area contributed by atoms with Crippen molar-refractivity contribution in [1.29, 1.82) is 0 Å². The highest BCUT2D eigenvalue weighted by atomic mass is 32.1. The van der Waals surface area contributed by atoms with Gasteiger partial charge in [-0.25, -0.2) is 0 Å². The first-order valence-corrected chi connectivity index (χ1v) is 24.3. The minimum Gasteiger partial charge on any atom is -0.455 e. The number of benzene rings is 11. The molecule has 2 aromatic heterocycles. The fourth-order valence-electron chi connectivity index (χ4n) is 10.2. The highest BCUT2D eigenvalue weighted by Gasteiger charge is 2.18. The summed E-state index contributed by atoms with van der Waals surface area (Å²) in [5, 5.41) is 4.86. The zero-order valence-electron chi connectivity index (χ0n) is 37.6. The maximum Gasteiger partial charge on any atom is 0.143 e. The molecular weight excluding hydrogens is 855 g/mol. The lowest BCUT2D eigenvalue weighted by molar-refractivity contribution is 0.670. The third-order valence-corrected chi connectivity index (χ3v) is 14.7. The van der Waals surface area contributed by atoms with Crippen molar-refractivity contribution >= 4 is 70.5 Å². The Hall–Kier alpha value is -8.76. The van der Waals surface area contributed by atoms with Gasteiger partial charge in [0.15, 0.2) is 0 Å². The molecule has 0 aliphatic rings. The van der Waals surface area contributed by atoms with Crippen LogP contribution in [0.5, 0.6) is 0 Å². The molecule has 0 radical (unpaired) electrons. The molecule has 0 aliphatic heterocycles. The number of nitrogens with zero attached hydrogens (tertiary/aromatic N) is 1. The van der Waals surface area contributed by atoms with E-state index in [1.807, 2.05) is 17.4 Å². The summed E-state index contributed by atoms with van der Waals surface area (Å²) < 4.78 is 9.15. The Balaban J connectivity index is 0.887. The van der Waals surface area contributed by atoms with Crippen molar-refractivity contribution in [3.8, 4) is 66.8 Å². The number of anilines is 3. The van der Waals surface area contributed by atoms with Gasteiger partial charge in [0.1, 0.15) is 11.2 Å². The molecule has 0 atom stereocenters. The molecule has 2 nitrogen and oxygen atoms in total. The maximum absolute atomic E-state index is 6.53. The minimum atomic E-state index is 0.887. The SMILES string of the molecule is c1ccc(-c2ccccc2-c2ccccc2-c2ccc(N(c3ccc(-c4ccc5oc6c(-c7ccccc7)cccc6c5c4)cc3)c3ccc(-c4cccc5sc6ccccc6c45)cc3)cc2)cc1. The van der Waals surface area contributed by atoms with E-state index in [4.69, 9.17) is 4.42 Å². The van der Waals surface area contributed by atoms with Gasteiger partial charge in [-0.1, -0.05) is 200 Å². The largest absolute Gasteiger partial charge is 0.455 e. The minimum absolute atomic E-state index is 0.887. The van der Waals surface area contributed by atoms with Crippen LogP contribution in [0.3, 0.4) is 0 Å². The predicted molar refractivity (Wildman–Crippen MR) is 294 cm³/mol. The normalized spacial score (nSPS) is 11.5. The van der Waals surface area contributed by atoms with Crippen molar-refractivity contribution in [3.05, 3.63) is 261 Å². The third-order valence-electron chi connectivity index (χ3n) is 13.5. The van der Waals surface area contributed by atoms with Crippen LogP contribution in [0, 0.1) is 0 Å². The van der Waals surface area contributed by atoms with Crippen LogP contribution in [0.15, 0.2) is 265 Å². The molecule has 69 heavy (non-hydrogen) atoms. The summed E-state index contributed by atoms with van der Waals surface area (Å²) in [6, 6.07) is 94.2. The third kappa shape index (κ3) is 7.28. The van der Waals surface area contributed by atoms with Crippen molar-refractivity contribution in [1.82, 2.24) is 0 Å². The molecule has 324 valence electrons. The highest BCUT2D eigenvalue weighted by molar-refractivity contribution is 7.25. The number of hydrogen-bond acceptors (Lipinski definition) is 3. The molecule has 2 heterocycles. The van der Waals surface area contributed by atoms with Crippen LogP contribution in [-0.2, 0) is 0 Å². The Kier molecular flexibility index (Phi) is 10.1. The fourth-order valence-corrected chi connectivity index (χ4v) is 11.4. The Bertz CT molecular complexity index is 3980. The Morgan fingerprint density at radius 2 is 0.710 bits per heavy atom. The van der Waals surface area contributed by atoms with Crippen LogP contribution in [0.1, 0.15) is 0 Å². The van der Waals surface area contributed by atoms with Gasteiger partial charge >= 0.3 is 0 Å². The number of furan rings is 1. The molecule has 0 aliphatic carbocycles. The Morgan fingerprint density at radius 1 is 0.275 bits per heavy atom. The molecule has 0 bridgehead atoms. The van der Waals surface area contributed by atoms with E-state index in [0.717, 1.165) is 66.8 Å². The standard InChI is InChI=1S/C66H43NOS/c1-3-15-45(16-4-1)53-19-7-9-21-57(53)58-22-10-8-20-54(58)47-31-38-51(39-32-47)67(52-40-33-48(34-41-52)55-24-14-28-64-65(55)60-23-11-12-27-63(60)69-64)50-36-29-44(30-37-50)49-35-42-62-61(43-49)59-26-13-25-56(66(59)68-62)46-17-5-2-6-18-46/h1-43H. The lowest BCUT2D eigenvalue weighted by Crippen LogP contribution is -2.09. The van der Waals surface area contributed by atoms with Crippen LogP contribution in [0.4, 0.5) is 17.1 Å². The average Bonchev–Trinajstić information content (AvgIpc) is 4.01. The first-order valence-electron chi connectivity index (χ1n) is 23.5. The predicted octanol–water partition coefficient (Wildman–Crippen LogP) is 19.4. The maximum atomic E-state index is 6.53. The number of rotatable bonds is 9. The van der Waals surface area contributed by atoms with E-state index in [-0.39, 0.29) is 0 Å². The number of fused-ring (bicyclic) bond motifs is 6. The lowest BCUT2D eigenvalue weighted by Gasteiger charge is -2.26. The van der Waals surface area contributed by atoms with Gasteiger partial charge in [-0.05, 0) is 122 Å². The second kappa shape index (κ2) is 17.2. The second-order valence-electron chi connectivity index (χ2n) is 17.6. The summed E-state index contributed by atoms with van der Waals surface area (Å²) >= 11 is 1.86. The zero-order valence-corrected chi connectivity index (χ0v) is 38.4.